The second kappa shape index (κ2) is 9.40. The molecule has 0 aliphatic carbocycles. The molecule has 102 valence electrons. The van der Waals surface area contributed by atoms with Crippen molar-refractivity contribution in [2.75, 3.05) is 5.75 Å². The van der Waals surface area contributed by atoms with Gasteiger partial charge in [-0.05, 0) is 18.6 Å². The molecule has 0 saturated carbocycles. The number of unbranched alkanes of at least 4 members (excludes halogenated alkanes) is 4. The maximum absolute atomic E-state index is 13.3. The summed E-state index contributed by atoms with van der Waals surface area (Å²) in [6.07, 6.45) is 6.53. The first-order valence-electron chi connectivity index (χ1n) is 6.79. The number of aliphatic hydroxyl groups excluding tert-OH is 1. The monoisotopic (exact) mass is 270 g/mol. The molecule has 1 aromatic carbocycles. The van der Waals surface area contributed by atoms with Crippen molar-refractivity contribution >= 4 is 11.8 Å². The molecule has 0 saturated heterocycles. The van der Waals surface area contributed by atoms with Crippen LogP contribution in [0.4, 0.5) is 4.39 Å². The Balaban J connectivity index is 2.13. The molecule has 0 spiro atoms. The van der Waals surface area contributed by atoms with Gasteiger partial charge in [-0.25, -0.2) is 4.39 Å². The zero-order valence-corrected chi connectivity index (χ0v) is 11.9. The third-order valence-electron chi connectivity index (χ3n) is 2.91. The smallest absolute Gasteiger partial charge is 0.136 e. The van der Waals surface area contributed by atoms with E-state index in [1.54, 1.807) is 12.1 Å². The lowest BCUT2D eigenvalue weighted by atomic mass is 10.1. The van der Waals surface area contributed by atoms with Crippen molar-refractivity contribution in [3.8, 4) is 0 Å². The minimum Gasteiger partial charge on any atom is -0.392 e. The molecular weight excluding hydrogens is 247 g/mol. The predicted octanol–water partition coefficient (Wildman–Crippen LogP) is 4.64. The molecule has 0 radical (unpaired) electrons. The normalized spacial score (nSPS) is 12.6. The number of benzene rings is 1. The van der Waals surface area contributed by atoms with Gasteiger partial charge in [0, 0.05) is 10.6 Å². The molecule has 1 rings (SSSR count). The summed E-state index contributed by atoms with van der Waals surface area (Å²) in [4.78, 5) is 0.627. The standard InChI is InChI=1S/C15H23FOS/c1-2-3-4-5-6-9-13(17)12-18-15-11-8-7-10-14(15)16/h7-8,10-11,13,17H,2-6,9,12H2,1H3. The molecule has 0 aromatic heterocycles. The molecule has 1 N–H and O–H groups in total. The molecule has 0 heterocycles. The van der Waals surface area contributed by atoms with E-state index in [0.717, 1.165) is 12.8 Å². The van der Waals surface area contributed by atoms with E-state index in [1.807, 2.05) is 6.07 Å². The van der Waals surface area contributed by atoms with Crippen molar-refractivity contribution < 1.29 is 9.50 Å². The maximum Gasteiger partial charge on any atom is 0.136 e. The summed E-state index contributed by atoms with van der Waals surface area (Å²) in [5.74, 6) is 0.381. The minimum absolute atomic E-state index is 0.197. The van der Waals surface area contributed by atoms with Crippen LogP contribution in [0.15, 0.2) is 29.2 Å². The minimum atomic E-state index is -0.323. The van der Waals surface area contributed by atoms with Crippen molar-refractivity contribution in [1.29, 1.82) is 0 Å². The summed E-state index contributed by atoms with van der Waals surface area (Å²) in [7, 11) is 0. The van der Waals surface area contributed by atoms with E-state index in [0.29, 0.717) is 10.6 Å². The Labute approximate surface area is 114 Å². The largest absolute Gasteiger partial charge is 0.392 e. The molecule has 0 bridgehead atoms. The average Bonchev–Trinajstić information content (AvgIpc) is 2.37. The van der Waals surface area contributed by atoms with E-state index in [1.165, 1.54) is 43.5 Å². The van der Waals surface area contributed by atoms with E-state index in [2.05, 4.69) is 6.92 Å². The highest BCUT2D eigenvalue weighted by atomic mass is 32.2. The lowest BCUT2D eigenvalue weighted by Crippen LogP contribution is -2.09. The summed E-state index contributed by atoms with van der Waals surface area (Å²) in [6.45, 7) is 2.19. The molecule has 18 heavy (non-hydrogen) atoms. The molecular formula is C15H23FOS. The van der Waals surface area contributed by atoms with Crippen LogP contribution in [0.2, 0.25) is 0 Å². The first kappa shape index (κ1) is 15.5. The molecule has 1 aromatic rings. The molecule has 1 nitrogen and oxygen atoms in total. The van der Waals surface area contributed by atoms with Crippen LogP contribution < -0.4 is 0 Å². The quantitative estimate of drug-likeness (QED) is 0.521. The fourth-order valence-corrected chi connectivity index (χ4v) is 2.73. The Hall–Kier alpha value is -0.540. The van der Waals surface area contributed by atoms with Crippen LogP contribution in [-0.4, -0.2) is 17.0 Å². The van der Waals surface area contributed by atoms with E-state index in [-0.39, 0.29) is 11.9 Å². The van der Waals surface area contributed by atoms with Crippen LogP contribution >= 0.6 is 11.8 Å². The van der Waals surface area contributed by atoms with Gasteiger partial charge in [-0.3, -0.25) is 0 Å². The van der Waals surface area contributed by atoms with Crippen molar-refractivity contribution in [1.82, 2.24) is 0 Å². The van der Waals surface area contributed by atoms with Gasteiger partial charge in [0.25, 0.3) is 0 Å². The summed E-state index contributed by atoms with van der Waals surface area (Å²) < 4.78 is 13.3. The first-order valence-corrected chi connectivity index (χ1v) is 7.78. The topological polar surface area (TPSA) is 20.2 Å². The number of halogens is 1. The first-order chi connectivity index (χ1) is 8.74. The zero-order chi connectivity index (χ0) is 13.2. The van der Waals surface area contributed by atoms with Gasteiger partial charge < -0.3 is 5.11 Å². The predicted molar refractivity (Wildman–Crippen MR) is 76.5 cm³/mol. The number of aliphatic hydroxyl groups is 1. The van der Waals surface area contributed by atoms with E-state index in [9.17, 15) is 9.50 Å². The summed E-state index contributed by atoms with van der Waals surface area (Å²) in [5, 5.41) is 9.81. The zero-order valence-electron chi connectivity index (χ0n) is 11.1. The van der Waals surface area contributed by atoms with Gasteiger partial charge in [-0.15, -0.1) is 11.8 Å². The number of hydrogen-bond donors (Lipinski definition) is 1. The van der Waals surface area contributed by atoms with Crippen LogP contribution in [0.3, 0.4) is 0 Å². The van der Waals surface area contributed by atoms with Crippen molar-refractivity contribution in [3.05, 3.63) is 30.1 Å². The van der Waals surface area contributed by atoms with Gasteiger partial charge in [0.15, 0.2) is 0 Å². The highest BCUT2D eigenvalue weighted by Gasteiger charge is 2.07. The Morgan fingerprint density at radius 1 is 1.17 bits per heavy atom. The van der Waals surface area contributed by atoms with Crippen LogP contribution in [0.25, 0.3) is 0 Å². The van der Waals surface area contributed by atoms with Gasteiger partial charge in [0.2, 0.25) is 0 Å². The van der Waals surface area contributed by atoms with Gasteiger partial charge >= 0.3 is 0 Å². The second-order valence-corrected chi connectivity index (χ2v) is 5.66. The Morgan fingerprint density at radius 2 is 1.89 bits per heavy atom. The Morgan fingerprint density at radius 3 is 2.61 bits per heavy atom. The summed E-state index contributed by atoms with van der Waals surface area (Å²) in [5.41, 5.74) is 0. The van der Waals surface area contributed by atoms with Crippen molar-refractivity contribution in [2.24, 2.45) is 0 Å². The molecule has 0 amide bonds. The SMILES string of the molecule is CCCCCCCC(O)CSc1ccccc1F. The van der Waals surface area contributed by atoms with E-state index < -0.39 is 0 Å². The van der Waals surface area contributed by atoms with Crippen molar-refractivity contribution in [2.45, 2.75) is 56.4 Å². The van der Waals surface area contributed by atoms with E-state index >= 15 is 0 Å². The average molecular weight is 270 g/mol. The Kier molecular flexibility index (Phi) is 8.10. The fraction of sp³-hybridized carbons (Fsp3) is 0.600. The number of hydrogen-bond acceptors (Lipinski definition) is 2. The number of thioether (sulfide) groups is 1. The Bertz CT molecular complexity index is 330. The highest BCUT2D eigenvalue weighted by molar-refractivity contribution is 7.99. The molecule has 0 aliphatic rings. The number of rotatable bonds is 9. The van der Waals surface area contributed by atoms with Gasteiger partial charge in [-0.2, -0.15) is 0 Å². The molecule has 1 unspecified atom stereocenters. The van der Waals surface area contributed by atoms with Crippen LogP contribution in [0.1, 0.15) is 45.4 Å². The van der Waals surface area contributed by atoms with Gasteiger partial charge in [0.1, 0.15) is 5.82 Å². The lowest BCUT2D eigenvalue weighted by molar-refractivity contribution is 0.185. The van der Waals surface area contributed by atoms with Crippen LogP contribution in [0.5, 0.6) is 0 Å². The summed E-state index contributed by atoms with van der Waals surface area (Å²) in [6, 6.07) is 6.72. The molecule has 3 heteroatoms. The molecule has 0 fully saturated rings. The third-order valence-corrected chi connectivity index (χ3v) is 4.10. The molecule has 1 atom stereocenters. The second-order valence-electron chi connectivity index (χ2n) is 4.60. The highest BCUT2D eigenvalue weighted by Crippen LogP contribution is 2.23. The fourth-order valence-electron chi connectivity index (χ4n) is 1.81. The van der Waals surface area contributed by atoms with Crippen LogP contribution in [-0.2, 0) is 0 Å². The van der Waals surface area contributed by atoms with Crippen molar-refractivity contribution in [3.63, 3.8) is 0 Å². The van der Waals surface area contributed by atoms with Crippen LogP contribution in [0, 0.1) is 5.82 Å². The molecule has 0 aliphatic heterocycles. The summed E-state index contributed by atoms with van der Waals surface area (Å²) >= 11 is 1.40. The lowest BCUT2D eigenvalue weighted by Gasteiger charge is -2.10. The van der Waals surface area contributed by atoms with Gasteiger partial charge in [0.05, 0.1) is 6.10 Å². The van der Waals surface area contributed by atoms with E-state index in [4.69, 9.17) is 0 Å². The maximum atomic E-state index is 13.3. The van der Waals surface area contributed by atoms with Gasteiger partial charge in [-0.1, -0.05) is 51.2 Å². The third kappa shape index (κ3) is 6.41.